The third kappa shape index (κ3) is 3.10. The molecule has 6 heteroatoms. The van der Waals surface area contributed by atoms with Crippen LogP contribution in [0.5, 0.6) is 23.0 Å². The lowest BCUT2D eigenvalue weighted by molar-refractivity contribution is 0.103. The summed E-state index contributed by atoms with van der Waals surface area (Å²) in [5.41, 5.74) is 1.70. The minimum atomic E-state index is -0.417. The van der Waals surface area contributed by atoms with Gasteiger partial charge in [-0.25, -0.2) is 0 Å². The van der Waals surface area contributed by atoms with Crippen LogP contribution in [0.25, 0.3) is 17.0 Å². The number of rotatable bonds is 5. The van der Waals surface area contributed by atoms with Gasteiger partial charge in [-0.15, -0.1) is 0 Å². The average molecular weight is 394 g/mol. The van der Waals surface area contributed by atoms with Crippen LogP contribution in [0.1, 0.15) is 35.3 Å². The first-order valence-electron chi connectivity index (χ1n) is 9.15. The highest BCUT2D eigenvalue weighted by Gasteiger charge is 2.28. The fourth-order valence-corrected chi connectivity index (χ4v) is 3.50. The molecule has 0 saturated carbocycles. The van der Waals surface area contributed by atoms with E-state index in [1.54, 1.807) is 45.6 Å². The molecule has 29 heavy (non-hydrogen) atoms. The molecule has 150 valence electrons. The van der Waals surface area contributed by atoms with Crippen molar-refractivity contribution in [1.29, 1.82) is 0 Å². The maximum atomic E-state index is 13.4. The predicted octanol–water partition coefficient (Wildman–Crippen LogP) is 4.87. The van der Waals surface area contributed by atoms with Crippen LogP contribution in [-0.4, -0.2) is 32.7 Å². The molecular weight excluding hydrogens is 372 g/mol. The van der Waals surface area contributed by atoms with E-state index >= 15 is 0 Å². The second-order valence-electron chi connectivity index (χ2n) is 7.28. The van der Waals surface area contributed by atoms with Crippen molar-refractivity contribution in [2.45, 2.75) is 19.4 Å². The van der Waals surface area contributed by atoms with E-state index in [1.165, 1.54) is 6.26 Å². The highest BCUT2D eigenvalue weighted by atomic mass is 16.5. The molecule has 0 N–H and O–H groups in total. The third-order valence-electron chi connectivity index (χ3n) is 4.95. The number of ketones is 1. The van der Waals surface area contributed by atoms with Crippen LogP contribution in [0.2, 0.25) is 0 Å². The van der Waals surface area contributed by atoms with Gasteiger partial charge in [0, 0.05) is 11.5 Å². The average Bonchev–Trinajstić information content (AvgIpc) is 3.13. The smallest absolute Gasteiger partial charge is 0.200 e. The van der Waals surface area contributed by atoms with Gasteiger partial charge in [0.1, 0.15) is 28.9 Å². The molecule has 0 amide bonds. The van der Waals surface area contributed by atoms with E-state index in [9.17, 15) is 4.79 Å². The van der Waals surface area contributed by atoms with Gasteiger partial charge in [-0.1, -0.05) is 0 Å². The van der Waals surface area contributed by atoms with Gasteiger partial charge in [-0.05, 0) is 44.2 Å². The van der Waals surface area contributed by atoms with Crippen molar-refractivity contribution in [3.05, 3.63) is 53.3 Å². The van der Waals surface area contributed by atoms with Crippen LogP contribution in [0.3, 0.4) is 0 Å². The highest BCUT2D eigenvalue weighted by molar-refractivity contribution is 6.17. The maximum absolute atomic E-state index is 13.4. The number of methoxy groups -OCH3 is 3. The lowest BCUT2D eigenvalue weighted by atomic mass is 9.95. The Kier molecular flexibility index (Phi) is 4.49. The van der Waals surface area contributed by atoms with Crippen molar-refractivity contribution in [2.75, 3.05) is 21.3 Å². The fraction of sp³-hybridized carbons (Fsp3) is 0.261. The number of carbonyl (C=O) groups is 1. The van der Waals surface area contributed by atoms with Crippen LogP contribution < -0.4 is 18.9 Å². The first kappa shape index (κ1) is 18.9. The van der Waals surface area contributed by atoms with Gasteiger partial charge < -0.3 is 23.4 Å². The summed E-state index contributed by atoms with van der Waals surface area (Å²) in [6, 6.07) is 6.95. The molecule has 4 rings (SSSR count). The molecule has 2 aromatic carbocycles. The molecule has 0 radical (unpaired) electrons. The second-order valence-corrected chi connectivity index (χ2v) is 7.28. The van der Waals surface area contributed by atoms with Gasteiger partial charge in [-0.2, -0.15) is 0 Å². The van der Waals surface area contributed by atoms with Crippen molar-refractivity contribution < 1.29 is 28.2 Å². The Balaban J connectivity index is 1.83. The van der Waals surface area contributed by atoms with Crippen LogP contribution in [0, 0.1) is 0 Å². The normalized spacial score (nSPS) is 14.2. The molecule has 2 heterocycles. The number of benzene rings is 2. The molecule has 3 aromatic rings. The summed E-state index contributed by atoms with van der Waals surface area (Å²) in [6.45, 7) is 3.94. The van der Waals surface area contributed by atoms with Crippen molar-refractivity contribution in [3.8, 4) is 23.0 Å². The molecule has 0 atom stereocenters. The van der Waals surface area contributed by atoms with Gasteiger partial charge in [0.15, 0.2) is 11.5 Å². The number of hydrogen-bond acceptors (Lipinski definition) is 6. The molecule has 0 unspecified atom stereocenters. The summed E-state index contributed by atoms with van der Waals surface area (Å²) in [5, 5.41) is 0.639. The molecule has 0 spiro atoms. The van der Waals surface area contributed by atoms with E-state index in [4.69, 9.17) is 23.4 Å². The molecular formula is C23H22O6. The van der Waals surface area contributed by atoms with Gasteiger partial charge >= 0.3 is 0 Å². The lowest BCUT2D eigenvalue weighted by Gasteiger charge is -2.29. The molecule has 0 saturated heterocycles. The van der Waals surface area contributed by atoms with Crippen LogP contribution >= 0.6 is 0 Å². The molecule has 1 aliphatic heterocycles. The molecule has 1 aromatic heterocycles. The van der Waals surface area contributed by atoms with Crippen LogP contribution in [0.4, 0.5) is 0 Å². The van der Waals surface area contributed by atoms with E-state index in [1.807, 2.05) is 26.0 Å². The van der Waals surface area contributed by atoms with Gasteiger partial charge in [0.05, 0.1) is 38.0 Å². The van der Waals surface area contributed by atoms with Crippen molar-refractivity contribution in [2.24, 2.45) is 0 Å². The zero-order valence-electron chi connectivity index (χ0n) is 17.0. The van der Waals surface area contributed by atoms with Crippen LogP contribution in [-0.2, 0) is 0 Å². The van der Waals surface area contributed by atoms with Gasteiger partial charge in [-0.3, -0.25) is 4.79 Å². The SMILES string of the molecule is COc1cc2occ(C(=O)c3ccc4c(c3OC)C=CC(C)(C)O4)c2cc1OC. The minimum absolute atomic E-state index is 0.214. The van der Waals surface area contributed by atoms with Gasteiger partial charge in [0.2, 0.25) is 5.78 Å². The summed E-state index contributed by atoms with van der Waals surface area (Å²) in [4.78, 5) is 13.4. The number of ether oxygens (including phenoxy) is 4. The van der Waals surface area contributed by atoms with E-state index in [0.29, 0.717) is 45.1 Å². The van der Waals surface area contributed by atoms with E-state index in [2.05, 4.69) is 0 Å². The number of hydrogen-bond donors (Lipinski definition) is 0. The van der Waals surface area contributed by atoms with Crippen molar-refractivity contribution >= 4 is 22.8 Å². The predicted molar refractivity (Wildman–Crippen MR) is 109 cm³/mol. The summed E-state index contributed by atoms with van der Waals surface area (Å²) in [5.74, 6) is 1.98. The van der Waals surface area contributed by atoms with E-state index in [-0.39, 0.29) is 5.78 Å². The maximum Gasteiger partial charge on any atom is 0.200 e. The topological polar surface area (TPSA) is 67.1 Å². The molecule has 1 aliphatic rings. The summed E-state index contributed by atoms with van der Waals surface area (Å²) in [7, 11) is 4.64. The Morgan fingerprint density at radius 2 is 1.69 bits per heavy atom. The van der Waals surface area contributed by atoms with Crippen LogP contribution in [0.15, 0.2) is 41.0 Å². The molecule has 0 bridgehead atoms. The summed E-state index contributed by atoms with van der Waals surface area (Å²) < 4.78 is 27.9. The summed E-state index contributed by atoms with van der Waals surface area (Å²) in [6.07, 6.45) is 5.31. The Labute approximate surface area is 168 Å². The van der Waals surface area contributed by atoms with E-state index in [0.717, 1.165) is 5.56 Å². The second kappa shape index (κ2) is 6.88. The Hall–Kier alpha value is -3.41. The Bertz CT molecular complexity index is 1140. The molecule has 0 aliphatic carbocycles. The van der Waals surface area contributed by atoms with Crippen molar-refractivity contribution in [1.82, 2.24) is 0 Å². The monoisotopic (exact) mass is 394 g/mol. The largest absolute Gasteiger partial charge is 0.495 e. The zero-order valence-corrected chi connectivity index (χ0v) is 17.0. The third-order valence-corrected chi connectivity index (χ3v) is 4.95. The standard InChI is InChI=1S/C23H22O6/c1-23(2)9-8-13-17(29-23)7-6-14(22(13)27-5)21(24)16-12-28-18-11-20(26-4)19(25-3)10-15(16)18/h6-12H,1-5H3. The number of fused-ring (bicyclic) bond motifs is 2. The minimum Gasteiger partial charge on any atom is -0.495 e. The van der Waals surface area contributed by atoms with E-state index < -0.39 is 5.60 Å². The Morgan fingerprint density at radius 3 is 2.38 bits per heavy atom. The number of carbonyl (C=O) groups excluding carboxylic acids is 1. The Morgan fingerprint density at radius 1 is 0.966 bits per heavy atom. The molecule has 0 fully saturated rings. The zero-order chi connectivity index (χ0) is 20.8. The molecule has 6 nitrogen and oxygen atoms in total. The summed E-state index contributed by atoms with van der Waals surface area (Å²) >= 11 is 0. The fourth-order valence-electron chi connectivity index (χ4n) is 3.50. The van der Waals surface area contributed by atoms with Crippen molar-refractivity contribution in [3.63, 3.8) is 0 Å². The first-order chi connectivity index (χ1) is 13.9. The number of furan rings is 1. The quantitative estimate of drug-likeness (QED) is 0.575. The lowest BCUT2D eigenvalue weighted by Crippen LogP contribution is -2.27. The van der Waals surface area contributed by atoms with Gasteiger partial charge in [0.25, 0.3) is 0 Å². The highest BCUT2D eigenvalue weighted by Crippen LogP contribution is 2.41. The first-order valence-corrected chi connectivity index (χ1v) is 9.15.